The number of carboxylic acid groups (broad SMARTS) is 2. The van der Waals surface area contributed by atoms with Gasteiger partial charge < -0.3 is 10.2 Å². The van der Waals surface area contributed by atoms with Crippen LogP contribution in [0.4, 0.5) is 0 Å². The SMILES string of the molecule is O=C(O)CC(SC(=[SH+])Cc1ccccc1)C(=O)O. The largest absolute Gasteiger partial charge is 0.481 e. The second-order valence-corrected chi connectivity index (χ2v) is 5.74. The highest BCUT2D eigenvalue weighted by Crippen LogP contribution is 2.18. The number of aliphatic carboxylic acids is 2. The molecule has 0 aromatic heterocycles. The number of thiol groups is 1. The van der Waals surface area contributed by atoms with Crippen molar-refractivity contribution in [3.63, 3.8) is 0 Å². The standard InChI is InChI=1S/C12H12O4S2/c13-10(14)7-9(12(15)16)18-11(17)6-8-4-2-1-3-5-8/h1-5,9H,6-7H2,(H,13,14)(H,15,16)/p+1. The van der Waals surface area contributed by atoms with Gasteiger partial charge in [-0.1, -0.05) is 42.1 Å². The van der Waals surface area contributed by atoms with Crippen LogP contribution in [0.1, 0.15) is 12.0 Å². The molecule has 0 heterocycles. The minimum absolute atomic E-state index is 0.418. The number of benzene rings is 1. The van der Waals surface area contributed by atoms with Crippen molar-refractivity contribution in [2.24, 2.45) is 0 Å². The van der Waals surface area contributed by atoms with Crippen LogP contribution in [0.3, 0.4) is 0 Å². The van der Waals surface area contributed by atoms with E-state index in [0.717, 1.165) is 17.3 Å². The van der Waals surface area contributed by atoms with E-state index in [1.54, 1.807) is 0 Å². The maximum absolute atomic E-state index is 10.9. The monoisotopic (exact) mass is 285 g/mol. The summed E-state index contributed by atoms with van der Waals surface area (Å²) in [5, 5.41) is 16.5. The first-order chi connectivity index (χ1) is 8.49. The quantitative estimate of drug-likeness (QED) is 0.468. The Morgan fingerprint density at radius 3 is 2.33 bits per heavy atom. The van der Waals surface area contributed by atoms with Crippen molar-refractivity contribution in [2.75, 3.05) is 0 Å². The molecule has 0 amide bonds. The lowest BCUT2D eigenvalue weighted by molar-refractivity contribution is -0.142. The average molecular weight is 285 g/mol. The lowest BCUT2D eigenvalue weighted by atomic mass is 10.2. The molecule has 6 heteroatoms. The molecule has 0 aliphatic rings. The Kier molecular flexibility index (Phi) is 5.80. The van der Waals surface area contributed by atoms with Gasteiger partial charge in [0.2, 0.25) is 4.20 Å². The van der Waals surface area contributed by atoms with Crippen molar-refractivity contribution >= 4 is 40.1 Å². The second kappa shape index (κ2) is 7.13. The van der Waals surface area contributed by atoms with Gasteiger partial charge in [-0.25, -0.2) is 0 Å². The first kappa shape index (κ1) is 14.7. The Morgan fingerprint density at radius 1 is 1.22 bits per heavy atom. The Hall–Kier alpha value is -1.40. The summed E-state index contributed by atoms with van der Waals surface area (Å²) in [5.74, 6) is -2.27. The number of thioether (sulfide) groups is 1. The molecule has 1 unspecified atom stereocenters. The number of carbonyl (C=O) groups is 2. The minimum Gasteiger partial charge on any atom is -0.481 e. The molecule has 4 nitrogen and oxygen atoms in total. The molecule has 2 N–H and O–H groups in total. The molecule has 1 aromatic carbocycles. The van der Waals surface area contributed by atoms with Crippen LogP contribution in [0.5, 0.6) is 0 Å². The summed E-state index contributed by atoms with van der Waals surface area (Å²) in [5.41, 5.74) is 1.01. The fraction of sp³-hybridized carbons (Fsp3) is 0.250. The third-order valence-corrected chi connectivity index (χ3v) is 3.66. The van der Waals surface area contributed by atoms with Gasteiger partial charge in [0.05, 0.1) is 12.8 Å². The van der Waals surface area contributed by atoms with Crippen LogP contribution < -0.4 is 0 Å². The van der Waals surface area contributed by atoms with Gasteiger partial charge in [0.25, 0.3) is 0 Å². The highest BCUT2D eigenvalue weighted by molar-refractivity contribution is 8.21. The molecule has 18 heavy (non-hydrogen) atoms. The highest BCUT2D eigenvalue weighted by Gasteiger charge is 2.26. The Bertz CT molecular complexity index is 445. The predicted molar refractivity (Wildman–Crippen MR) is 75.2 cm³/mol. The second-order valence-electron chi connectivity index (χ2n) is 3.60. The Labute approximate surface area is 114 Å². The molecule has 1 aromatic rings. The zero-order valence-corrected chi connectivity index (χ0v) is 11.2. The molecule has 1 atom stereocenters. The Morgan fingerprint density at radius 2 is 1.83 bits per heavy atom. The fourth-order valence-electron chi connectivity index (χ4n) is 1.31. The van der Waals surface area contributed by atoms with E-state index in [0.29, 0.717) is 10.6 Å². The molecular formula is C12H13O4S2+. The summed E-state index contributed by atoms with van der Waals surface area (Å²) in [6.45, 7) is 0. The summed E-state index contributed by atoms with van der Waals surface area (Å²) in [6, 6.07) is 9.47. The summed E-state index contributed by atoms with van der Waals surface area (Å²) >= 11 is 5.20. The van der Waals surface area contributed by atoms with E-state index < -0.39 is 23.6 Å². The van der Waals surface area contributed by atoms with E-state index in [9.17, 15) is 9.59 Å². The number of rotatable bonds is 6. The van der Waals surface area contributed by atoms with E-state index in [1.807, 2.05) is 30.3 Å². The van der Waals surface area contributed by atoms with Crippen LogP contribution in [0, 0.1) is 0 Å². The van der Waals surface area contributed by atoms with Gasteiger partial charge in [0, 0.05) is 0 Å². The van der Waals surface area contributed by atoms with Crippen molar-refractivity contribution in [3.8, 4) is 0 Å². The van der Waals surface area contributed by atoms with Crippen molar-refractivity contribution in [1.82, 2.24) is 0 Å². The molecule has 0 aliphatic carbocycles. The number of hydrogen-bond acceptors (Lipinski definition) is 3. The highest BCUT2D eigenvalue weighted by atomic mass is 32.2. The maximum Gasteiger partial charge on any atom is 0.317 e. The molecule has 96 valence electrons. The molecule has 0 fully saturated rings. The van der Waals surface area contributed by atoms with Crippen molar-refractivity contribution < 1.29 is 19.8 Å². The van der Waals surface area contributed by atoms with E-state index in [-0.39, 0.29) is 0 Å². The first-order valence-corrected chi connectivity index (χ1v) is 6.51. The lowest BCUT2D eigenvalue weighted by Gasteiger charge is -2.06. The summed E-state index contributed by atoms with van der Waals surface area (Å²) in [4.78, 5) is 21.4. The average Bonchev–Trinajstić information content (AvgIpc) is 2.28. The third-order valence-electron chi connectivity index (χ3n) is 2.11. The zero-order valence-electron chi connectivity index (χ0n) is 9.44. The zero-order chi connectivity index (χ0) is 13.5. The smallest absolute Gasteiger partial charge is 0.317 e. The molecular weight excluding hydrogens is 272 g/mol. The van der Waals surface area contributed by atoms with Gasteiger partial charge in [-0.15, -0.1) is 0 Å². The molecule has 0 aliphatic heterocycles. The Balaban J connectivity index is 2.56. The summed E-state index contributed by atoms with van der Waals surface area (Å²) < 4.78 is 0.592. The van der Waals surface area contributed by atoms with Gasteiger partial charge in [0.1, 0.15) is 5.25 Å². The molecule has 0 saturated heterocycles. The van der Waals surface area contributed by atoms with E-state index in [4.69, 9.17) is 10.2 Å². The third kappa shape index (κ3) is 5.29. The van der Waals surface area contributed by atoms with Crippen LogP contribution in [-0.4, -0.2) is 31.6 Å². The van der Waals surface area contributed by atoms with Crippen LogP contribution >= 0.6 is 11.8 Å². The predicted octanol–water partition coefficient (Wildman–Crippen LogP) is 1.30. The van der Waals surface area contributed by atoms with E-state index in [2.05, 4.69) is 12.2 Å². The normalized spacial score (nSPS) is 11.8. The molecule has 0 saturated carbocycles. The molecule has 0 bridgehead atoms. The summed E-state index contributed by atoms with van der Waals surface area (Å²) in [6.07, 6.45) is 0.0941. The van der Waals surface area contributed by atoms with Crippen molar-refractivity contribution in [1.29, 1.82) is 0 Å². The van der Waals surface area contributed by atoms with Crippen molar-refractivity contribution in [3.05, 3.63) is 35.9 Å². The van der Waals surface area contributed by atoms with Crippen LogP contribution in [0.15, 0.2) is 30.3 Å². The van der Waals surface area contributed by atoms with E-state index in [1.165, 1.54) is 0 Å². The number of carboxylic acids is 2. The lowest BCUT2D eigenvalue weighted by Crippen LogP contribution is -2.22. The molecule has 0 spiro atoms. The number of hydrogen-bond donors (Lipinski definition) is 2. The van der Waals surface area contributed by atoms with Gasteiger partial charge in [-0.2, -0.15) is 0 Å². The van der Waals surface area contributed by atoms with Gasteiger partial charge in [-0.05, 0) is 5.56 Å². The molecule has 1 rings (SSSR count). The van der Waals surface area contributed by atoms with Crippen LogP contribution in [0.25, 0.3) is 0 Å². The van der Waals surface area contributed by atoms with Crippen LogP contribution in [-0.2, 0) is 28.2 Å². The first-order valence-electron chi connectivity index (χ1n) is 5.19. The maximum atomic E-state index is 10.9. The van der Waals surface area contributed by atoms with Crippen LogP contribution in [0.2, 0.25) is 0 Å². The minimum atomic E-state index is -1.14. The summed E-state index contributed by atoms with van der Waals surface area (Å²) in [7, 11) is 0. The van der Waals surface area contributed by atoms with Gasteiger partial charge >= 0.3 is 11.9 Å². The van der Waals surface area contributed by atoms with E-state index >= 15 is 0 Å². The topological polar surface area (TPSA) is 74.6 Å². The molecule has 0 radical (unpaired) electrons. The van der Waals surface area contributed by atoms with Crippen molar-refractivity contribution in [2.45, 2.75) is 18.1 Å². The fourth-order valence-corrected chi connectivity index (χ4v) is 2.78. The van der Waals surface area contributed by atoms with Gasteiger partial charge in [0.15, 0.2) is 12.2 Å². The van der Waals surface area contributed by atoms with Gasteiger partial charge in [-0.3, -0.25) is 9.59 Å².